The minimum atomic E-state index is -4.44. The Labute approximate surface area is 354 Å². The van der Waals surface area contributed by atoms with Gasteiger partial charge in [0.15, 0.2) is 0 Å². The van der Waals surface area contributed by atoms with Gasteiger partial charge in [0.25, 0.3) is 15.9 Å². The molecule has 3 aliphatic rings. The van der Waals surface area contributed by atoms with Crippen molar-refractivity contribution >= 4 is 55.6 Å². The Balaban J connectivity index is 0.983. The van der Waals surface area contributed by atoms with Crippen molar-refractivity contribution in [3.05, 3.63) is 106 Å². The van der Waals surface area contributed by atoms with E-state index in [0.29, 0.717) is 66.8 Å². The summed E-state index contributed by atoms with van der Waals surface area (Å²) in [5.74, 6) is 0.574. The van der Waals surface area contributed by atoms with Crippen molar-refractivity contribution in [1.82, 2.24) is 19.6 Å². The van der Waals surface area contributed by atoms with E-state index >= 15 is 0 Å². The normalized spacial score (nSPS) is 21.8. The zero-order valence-corrected chi connectivity index (χ0v) is 35.1. The monoisotopic (exact) mass is 855 g/mol. The lowest BCUT2D eigenvalue weighted by Crippen LogP contribution is -2.49. The fraction of sp³-hybridized carbons (Fsp3) is 0.409. The number of piperazine rings is 1. The topological polar surface area (TPSA) is 179 Å². The minimum absolute atomic E-state index is 0.00352. The van der Waals surface area contributed by atoms with Crippen molar-refractivity contribution in [2.45, 2.75) is 55.4 Å². The Bertz CT molecular complexity index is 2430. The Kier molecular flexibility index (Phi) is 12.4. The van der Waals surface area contributed by atoms with Gasteiger partial charge in [0, 0.05) is 80.8 Å². The number of nitrogens with one attached hydrogen (secondary N) is 3. The molecule has 2 aromatic heterocycles. The molecule has 1 saturated carbocycles. The van der Waals surface area contributed by atoms with Crippen molar-refractivity contribution < 1.29 is 27.8 Å². The maximum Gasteiger partial charge on any atom is 0.268 e. The number of halogens is 1. The summed E-state index contributed by atoms with van der Waals surface area (Å²) >= 11 is 6.21. The molecule has 1 amide bonds. The molecule has 5 aromatic rings. The Hall–Kier alpha value is -5.06. The number of nitrogens with zero attached hydrogens (tertiary/aromatic N) is 4. The number of amides is 1. The molecule has 3 aromatic carbocycles. The molecule has 3 fully saturated rings. The molecule has 316 valence electrons. The molecule has 60 heavy (non-hydrogen) atoms. The first-order chi connectivity index (χ1) is 28.9. The van der Waals surface area contributed by atoms with Gasteiger partial charge in [-0.1, -0.05) is 23.7 Å². The van der Waals surface area contributed by atoms with Crippen molar-refractivity contribution in [1.29, 1.82) is 0 Å². The number of nitroso groups, excluding NO2 is 1. The van der Waals surface area contributed by atoms with Crippen LogP contribution in [-0.2, 0) is 14.8 Å². The van der Waals surface area contributed by atoms with E-state index in [2.05, 4.69) is 47.1 Å². The number of pyridine rings is 1. The predicted molar refractivity (Wildman–Crippen MR) is 232 cm³/mol. The van der Waals surface area contributed by atoms with E-state index in [1.54, 1.807) is 30.5 Å². The van der Waals surface area contributed by atoms with Crippen molar-refractivity contribution in [2.75, 3.05) is 62.7 Å². The van der Waals surface area contributed by atoms with E-state index < -0.39 is 21.5 Å². The van der Waals surface area contributed by atoms with Crippen LogP contribution in [0, 0.1) is 16.7 Å². The standard InChI is InChI=1S/C44H50ClN7O7S/c1-44(54)14-10-37(30-2-4-33(45)5-3-30)32(25-44)28-51-16-18-52(19-17-51)34-6-8-38(41(23-34)59-35-22-31-11-15-46-42(31)48-27-35)43(53)50-60(56,57)36-7-9-39(40(24-36)49-55)47-26-29-12-20-58-21-13-29/h2-9,11,15,22-24,27,29,32,37,47,54H,10,12-14,16-21,25-26,28H2,1H3,(H,46,48)(H,50,53)/t32-,37-,44?/m1/s1. The summed E-state index contributed by atoms with van der Waals surface area (Å²) in [6.45, 7) is 7.72. The third-order valence-electron chi connectivity index (χ3n) is 12.1. The molecule has 14 nitrogen and oxygen atoms in total. The number of aliphatic hydroxyl groups is 1. The molecule has 2 aliphatic heterocycles. The molecule has 0 spiro atoms. The number of fused-ring (bicyclic) bond motifs is 1. The van der Waals surface area contributed by atoms with Crippen LogP contribution in [0.25, 0.3) is 11.0 Å². The van der Waals surface area contributed by atoms with E-state index in [0.717, 1.165) is 68.9 Å². The highest BCUT2D eigenvalue weighted by atomic mass is 35.5. The molecule has 3 atom stereocenters. The van der Waals surface area contributed by atoms with Crippen molar-refractivity contribution in [3.8, 4) is 11.5 Å². The largest absolute Gasteiger partial charge is 0.455 e. The number of aromatic amines is 1. The van der Waals surface area contributed by atoms with Gasteiger partial charge in [-0.25, -0.2) is 18.1 Å². The van der Waals surface area contributed by atoms with Gasteiger partial charge in [0.05, 0.1) is 27.9 Å². The van der Waals surface area contributed by atoms with E-state index in [1.807, 2.05) is 25.1 Å². The van der Waals surface area contributed by atoms with Gasteiger partial charge in [-0.05, 0) is 122 Å². The lowest BCUT2D eigenvalue weighted by atomic mass is 9.69. The van der Waals surface area contributed by atoms with Crippen LogP contribution in [0.1, 0.15) is 60.9 Å². The number of ether oxygens (including phenoxy) is 2. The van der Waals surface area contributed by atoms with Gasteiger partial charge < -0.3 is 29.8 Å². The first-order valence-electron chi connectivity index (χ1n) is 20.5. The van der Waals surface area contributed by atoms with E-state index in [4.69, 9.17) is 21.1 Å². The Morgan fingerprint density at radius 3 is 2.58 bits per heavy atom. The fourth-order valence-electron chi connectivity index (χ4n) is 8.80. The van der Waals surface area contributed by atoms with Crippen LogP contribution in [0.2, 0.25) is 5.02 Å². The first kappa shape index (κ1) is 41.7. The molecule has 1 unspecified atom stereocenters. The van der Waals surface area contributed by atoms with Crippen LogP contribution in [-0.4, -0.2) is 92.4 Å². The molecular formula is C44H50ClN7O7S. The number of sulfonamides is 1. The van der Waals surface area contributed by atoms with E-state index in [9.17, 15) is 23.2 Å². The second-order valence-electron chi connectivity index (χ2n) is 16.5. The molecule has 0 bridgehead atoms. The van der Waals surface area contributed by atoms with Crippen LogP contribution in [0.3, 0.4) is 0 Å². The molecule has 0 radical (unpaired) electrons. The zero-order chi connectivity index (χ0) is 41.9. The minimum Gasteiger partial charge on any atom is -0.455 e. The van der Waals surface area contributed by atoms with Gasteiger partial charge in [0.2, 0.25) is 0 Å². The number of carbonyl (C=O) groups excluding carboxylic acids is 1. The number of benzene rings is 3. The first-order valence-corrected chi connectivity index (χ1v) is 22.4. The van der Waals surface area contributed by atoms with Gasteiger partial charge in [-0.15, -0.1) is 4.91 Å². The second-order valence-corrected chi connectivity index (χ2v) is 18.6. The maximum absolute atomic E-state index is 13.9. The molecule has 16 heteroatoms. The van der Waals surface area contributed by atoms with Crippen molar-refractivity contribution in [2.24, 2.45) is 17.0 Å². The number of hydrogen-bond donors (Lipinski definition) is 4. The average Bonchev–Trinajstić information content (AvgIpc) is 3.72. The van der Waals surface area contributed by atoms with Gasteiger partial charge in [-0.3, -0.25) is 9.69 Å². The predicted octanol–water partition coefficient (Wildman–Crippen LogP) is 7.82. The van der Waals surface area contributed by atoms with Gasteiger partial charge >= 0.3 is 0 Å². The number of aromatic nitrogens is 2. The SMILES string of the molecule is CC1(O)CC[C@H](c2ccc(Cl)cc2)[C@@H](CN2CCN(c3ccc(C(=O)NS(=O)(=O)c4ccc(NCC5CCOCC5)c(N=O)c4)c(Oc4cnc5[nH]ccc5c4)c3)CC2)C1. The summed E-state index contributed by atoms with van der Waals surface area (Å²) in [6.07, 6.45) is 7.45. The third-order valence-corrected chi connectivity index (χ3v) is 13.7. The Morgan fingerprint density at radius 2 is 1.82 bits per heavy atom. The van der Waals surface area contributed by atoms with Gasteiger partial charge in [-0.2, -0.15) is 0 Å². The summed E-state index contributed by atoms with van der Waals surface area (Å²) in [7, 11) is -4.44. The summed E-state index contributed by atoms with van der Waals surface area (Å²) < 4.78 is 41.2. The highest BCUT2D eigenvalue weighted by Crippen LogP contribution is 2.43. The van der Waals surface area contributed by atoms with Crippen LogP contribution in [0.4, 0.5) is 17.1 Å². The average molecular weight is 856 g/mol. The smallest absolute Gasteiger partial charge is 0.268 e. The van der Waals surface area contributed by atoms with Crippen LogP contribution in [0.15, 0.2) is 95.3 Å². The third kappa shape index (κ3) is 9.76. The molecule has 4 heterocycles. The fourth-order valence-corrected chi connectivity index (χ4v) is 9.91. The molecular weight excluding hydrogens is 806 g/mol. The number of anilines is 2. The number of hydrogen-bond acceptors (Lipinski definition) is 12. The number of H-pyrrole nitrogens is 1. The highest BCUT2D eigenvalue weighted by Gasteiger charge is 2.38. The highest BCUT2D eigenvalue weighted by molar-refractivity contribution is 7.90. The summed E-state index contributed by atoms with van der Waals surface area (Å²) in [5, 5.41) is 18.9. The summed E-state index contributed by atoms with van der Waals surface area (Å²) in [5.41, 5.74) is 2.35. The quantitative estimate of drug-likeness (QED) is 0.0849. The molecule has 1 aliphatic carbocycles. The van der Waals surface area contributed by atoms with Crippen LogP contribution >= 0.6 is 11.6 Å². The maximum atomic E-state index is 13.9. The summed E-state index contributed by atoms with van der Waals surface area (Å²) in [4.78, 5) is 37.6. The number of rotatable bonds is 13. The molecule has 2 saturated heterocycles. The number of carbonyl (C=O) groups is 1. The van der Waals surface area contributed by atoms with E-state index in [-0.39, 0.29) is 27.8 Å². The molecule has 8 rings (SSSR count). The summed E-state index contributed by atoms with van der Waals surface area (Å²) in [6, 6.07) is 20.8. The lowest BCUT2D eigenvalue weighted by molar-refractivity contribution is -0.0146. The van der Waals surface area contributed by atoms with Crippen molar-refractivity contribution in [3.63, 3.8) is 0 Å². The zero-order valence-electron chi connectivity index (χ0n) is 33.5. The second kappa shape index (κ2) is 17.9. The van der Waals surface area contributed by atoms with Crippen LogP contribution in [0.5, 0.6) is 11.5 Å². The van der Waals surface area contributed by atoms with Gasteiger partial charge in [0.1, 0.15) is 22.8 Å². The van der Waals surface area contributed by atoms with E-state index in [1.165, 1.54) is 23.9 Å². The molecule has 4 N–H and O–H groups in total. The Morgan fingerprint density at radius 1 is 1.03 bits per heavy atom. The van der Waals surface area contributed by atoms with Crippen LogP contribution < -0.4 is 19.7 Å². The lowest BCUT2D eigenvalue weighted by Gasteiger charge is -2.44.